The van der Waals surface area contributed by atoms with Crippen LogP contribution in [0.15, 0.2) is 18.2 Å². The monoisotopic (exact) mass is 174 g/mol. The molecule has 2 rings (SSSR count). The van der Waals surface area contributed by atoms with E-state index in [1.165, 1.54) is 30.4 Å². The van der Waals surface area contributed by atoms with Gasteiger partial charge in [0.15, 0.2) is 0 Å². The molecule has 1 aliphatic rings. The lowest BCUT2D eigenvalue weighted by molar-refractivity contribution is 0.112. The van der Waals surface area contributed by atoms with Gasteiger partial charge >= 0.3 is 0 Å². The Morgan fingerprint density at radius 3 is 3.08 bits per heavy atom. The largest absolute Gasteiger partial charge is 0.298 e. The van der Waals surface area contributed by atoms with Crippen molar-refractivity contribution >= 4 is 6.29 Å². The van der Waals surface area contributed by atoms with Crippen LogP contribution in [0.3, 0.4) is 0 Å². The Hall–Kier alpha value is -1.11. The Morgan fingerprint density at radius 2 is 2.38 bits per heavy atom. The summed E-state index contributed by atoms with van der Waals surface area (Å²) in [7, 11) is 0. The molecule has 1 atom stereocenters. The molecule has 0 N–H and O–H groups in total. The van der Waals surface area contributed by atoms with Gasteiger partial charge in [-0.1, -0.05) is 19.1 Å². The molecule has 68 valence electrons. The Labute approximate surface area is 78.8 Å². The summed E-state index contributed by atoms with van der Waals surface area (Å²) in [6, 6.07) is 6.09. The van der Waals surface area contributed by atoms with Gasteiger partial charge in [0, 0.05) is 5.56 Å². The highest BCUT2D eigenvalue weighted by atomic mass is 16.1. The lowest BCUT2D eigenvalue weighted by Crippen LogP contribution is -1.92. The van der Waals surface area contributed by atoms with Crippen molar-refractivity contribution in [3.8, 4) is 0 Å². The molecule has 1 aromatic carbocycles. The molecule has 0 spiro atoms. The van der Waals surface area contributed by atoms with Gasteiger partial charge in [-0.3, -0.25) is 4.79 Å². The molecule has 0 aromatic heterocycles. The quantitative estimate of drug-likeness (QED) is 0.630. The first kappa shape index (κ1) is 8.49. The molecule has 13 heavy (non-hydrogen) atoms. The highest BCUT2D eigenvalue weighted by Crippen LogP contribution is 2.35. The Bertz CT molecular complexity index is 328. The third-order valence-corrected chi connectivity index (χ3v) is 3.00. The minimum atomic E-state index is 0.690. The van der Waals surface area contributed by atoms with E-state index in [2.05, 4.69) is 19.1 Å². The molecule has 0 saturated heterocycles. The summed E-state index contributed by atoms with van der Waals surface area (Å²) in [5.41, 5.74) is 3.67. The smallest absolute Gasteiger partial charge is 0.150 e. The average Bonchev–Trinajstić information content (AvgIpc) is 2.59. The van der Waals surface area contributed by atoms with Gasteiger partial charge in [-0.05, 0) is 42.4 Å². The van der Waals surface area contributed by atoms with Crippen LogP contribution in [0.1, 0.15) is 47.2 Å². The Balaban J connectivity index is 2.42. The fraction of sp³-hybridized carbons (Fsp3) is 0.417. The molecule has 1 aromatic rings. The molecule has 0 saturated carbocycles. The lowest BCUT2D eigenvalue weighted by Gasteiger charge is -2.07. The fourth-order valence-corrected chi connectivity index (χ4v) is 2.20. The number of benzene rings is 1. The van der Waals surface area contributed by atoms with Crippen LogP contribution in [-0.4, -0.2) is 6.29 Å². The summed E-state index contributed by atoms with van der Waals surface area (Å²) in [6.07, 6.45) is 4.57. The van der Waals surface area contributed by atoms with Gasteiger partial charge in [0.2, 0.25) is 0 Å². The van der Waals surface area contributed by atoms with Crippen LogP contribution < -0.4 is 0 Å². The maximum atomic E-state index is 10.6. The number of hydrogen-bond donors (Lipinski definition) is 0. The molecule has 0 radical (unpaired) electrons. The van der Waals surface area contributed by atoms with Crippen molar-refractivity contribution in [2.75, 3.05) is 0 Å². The SMILES string of the molecule is CCC1CCc2ccc(C=O)cc21. The molecular formula is C12H14O. The Kier molecular flexibility index (Phi) is 2.17. The van der Waals surface area contributed by atoms with Crippen LogP contribution >= 0.6 is 0 Å². The summed E-state index contributed by atoms with van der Waals surface area (Å²) >= 11 is 0. The zero-order valence-electron chi connectivity index (χ0n) is 7.92. The predicted molar refractivity (Wildman–Crippen MR) is 53.2 cm³/mol. The van der Waals surface area contributed by atoms with Gasteiger partial charge in [-0.2, -0.15) is 0 Å². The predicted octanol–water partition coefficient (Wildman–Crippen LogP) is 2.94. The van der Waals surface area contributed by atoms with Crippen molar-refractivity contribution in [3.63, 3.8) is 0 Å². The van der Waals surface area contributed by atoms with E-state index in [0.717, 1.165) is 11.8 Å². The van der Waals surface area contributed by atoms with E-state index in [1.807, 2.05) is 6.07 Å². The standard InChI is InChI=1S/C12H14O/c1-2-10-5-6-11-4-3-9(8-13)7-12(10)11/h3-4,7-8,10H,2,5-6H2,1H3. The molecule has 0 aliphatic heterocycles. The summed E-state index contributed by atoms with van der Waals surface area (Å²) in [5, 5.41) is 0. The minimum Gasteiger partial charge on any atom is -0.298 e. The van der Waals surface area contributed by atoms with Gasteiger partial charge in [0.25, 0.3) is 0 Å². The van der Waals surface area contributed by atoms with E-state index in [4.69, 9.17) is 0 Å². The second kappa shape index (κ2) is 3.33. The molecular weight excluding hydrogens is 160 g/mol. The molecule has 0 heterocycles. The van der Waals surface area contributed by atoms with Crippen LogP contribution in [0.2, 0.25) is 0 Å². The number of aldehydes is 1. The fourth-order valence-electron chi connectivity index (χ4n) is 2.20. The topological polar surface area (TPSA) is 17.1 Å². The van der Waals surface area contributed by atoms with E-state index in [0.29, 0.717) is 5.92 Å². The molecule has 0 amide bonds. The number of rotatable bonds is 2. The van der Waals surface area contributed by atoms with E-state index in [1.54, 1.807) is 0 Å². The second-order valence-corrected chi connectivity index (χ2v) is 3.72. The molecule has 0 bridgehead atoms. The molecule has 1 unspecified atom stereocenters. The molecule has 0 fully saturated rings. The van der Waals surface area contributed by atoms with Gasteiger partial charge in [-0.25, -0.2) is 0 Å². The number of fused-ring (bicyclic) bond motifs is 1. The number of aryl methyl sites for hydroxylation is 1. The molecule has 1 nitrogen and oxygen atoms in total. The highest BCUT2D eigenvalue weighted by Gasteiger charge is 2.20. The summed E-state index contributed by atoms with van der Waals surface area (Å²) < 4.78 is 0. The maximum Gasteiger partial charge on any atom is 0.150 e. The van der Waals surface area contributed by atoms with Gasteiger partial charge in [0.1, 0.15) is 6.29 Å². The van der Waals surface area contributed by atoms with Crippen molar-refractivity contribution in [2.24, 2.45) is 0 Å². The first-order valence-electron chi connectivity index (χ1n) is 4.93. The molecule has 1 heteroatoms. The van der Waals surface area contributed by atoms with Crippen LogP contribution in [0.5, 0.6) is 0 Å². The van der Waals surface area contributed by atoms with Crippen molar-refractivity contribution in [3.05, 3.63) is 34.9 Å². The Morgan fingerprint density at radius 1 is 1.54 bits per heavy atom. The normalized spacial score (nSPS) is 19.9. The minimum absolute atomic E-state index is 0.690. The van der Waals surface area contributed by atoms with Gasteiger partial charge in [0.05, 0.1) is 0 Å². The van der Waals surface area contributed by atoms with E-state index in [-0.39, 0.29) is 0 Å². The van der Waals surface area contributed by atoms with E-state index < -0.39 is 0 Å². The lowest BCUT2D eigenvalue weighted by atomic mass is 9.97. The van der Waals surface area contributed by atoms with E-state index >= 15 is 0 Å². The second-order valence-electron chi connectivity index (χ2n) is 3.72. The van der Waals surface area contributed by atoms with Crippen molar-refractivity contribution in [2.45, 2.75) is 32.1 Å². The van der Waals surface area contributed by atoms with E-state index in [9.17, 15) is 4.79 Å². The summed E-state index contributed by atoms with van der Waals surface area (Å²) in [5.74, 6) is 0.690. The van der Waals surface area contributed by atoms with Gasteiger partial charge < -0.3 is 0 Å². The number of carbonyl (C=O) groups excluding carboxylic acids is 1. The third-order valence-electron chi connectivity index (χ3n) is 3.00. The summed E-state index contributed by atoms with van der Waals surface area (Å²) in [6.45, 7) is 2.22. The number of carbonyl (C=O) groups is 1. The zero-order valence-corrected chi connectivity index (χ0v) is 7.92. The van der Waals surface area contributed by atoms with Crippen molar-refractivity contribution in [1.82, 2.24) is 0 Å². The van der Waals surface area contributed by atoms with Crippen LogP contribution in [0.25, 0.3) is 0 Å². The van der Waals surface area contributed by atoms with Crippen molar-refractivity contribution in [1.29, 1.82) is 0 Å². The first-order chi connectivity index (χ1) is 6.35. The third kappa shape index (κ3) is 1.39. The van der Waals surface area contributed by atoms with Crippen molar-refractivity contribution < 1.29 is 4.79 Å². The maximum absolute atomic E-state index is 10.6. The van der Waals surface area contributed by atoms with Crippen LogP contribution in [0, 0.1) is 0 Å². The van der Waals surface area contributed by atoms with Crippen LogP contribution in [0.4, 0.5) is 0 Å². The average molecular weight is 174 g/mol. The number of hydrogen-bond acceptors (Lipinski definition) is 1. The molecule has 1 aliphatic carbocycles. The highest BCUT2D eigenvalue weighted by molar-refractivity contribution is 5.75. The van der Waals surface area contributed by atoms with Gasteiger partial charge in [-0.15, -0.1) is 0 Å². The van der Waals surface area contributed by atoms with Crippen LogP contribution in [-0.2, 0) is 6.42 Å². The summed E-state index contributed by atoms with van der Waals surface area (Å²) in [4.78, 5) is 10.6. The first-order valence-corrected chi connectivity index (χ1v) is 4.93. The zero-order chi connectivity index (χ0) is 9.26.